The van der Waals surface area contributed by atoms with E-state index in [4.69, 9.17) is 19.2 Å². The summed E-state index contributed by atoms with van der Waals surface area (Å²) < 4.78 is 17.0. The standard InChI is InChI=1S/C21H21N3O3S/c1-24-9-8-14-10-16-18(27-12-26-16)19(25-2)17(14)20(24)23-21-22-15(11-28-21)13-6-4-3-5-7-13/h3-7,10-11,20H,8-9,12H2,1-2H3,(H,22,23)/t20-/m1/s1. The summed E-state index contributed by atoms with van der Waals surface area (Å²) in [6.07, 6.45) is 0.882. The monoisotopic (exact) mass is 395 g/mol. The van der Waals surface area contributed by atoms with Crippen LogP contribution in [0, 0.1) is 0 Å². The minimum absolute atomic E-state index is 0.0528. The van der Waals surface area contributed by atoms with Gasteiger partial charge in [0.15, 0.2) is 16.6 Å². The molecule has 1 aromatic heterocycles. The number of fused-ring (bicyclic) bond motifs is 2. The molecule has 0 saturated heterocycles. The predicted molar refractivity (Wildman–Crippen MR) is 109 cm³/mol. The zero-order valence-corrected chi connectivity index (χ0v) is 16.6. The normalized spacial score (nSPS) is 18.0. The van der Waals surface area contributed by atoms with Gasteiger partial charge in [-0.1, -0.05) is 30.3 Å². The summed E-state index contributed by atoms with van der Waals surface area (Å²) in [5.74, 6) is 2.20. The van der Waals surface area contributed by atoms with Gasteiger partial charge in [0, 0.05) is 23.1 Å². The Bertz CT molecular complexity index is 1010. The molecule has 0 radical (unpaired) electrons. The van der Waals surface area contributed by atoms with Crippen LogP contribution in [-0.2, 0) is 6.42 Å². The maximum absolute atomic E-state index is 5.76. The largest absolute Gasteiger partial charge is 0.492 e. The SMILES string of the molecule is COc1c2c(cc3c1[C@H](Nc1nc(-c4ccccc4)cs1)N(C)CC3)OCO2. The Labute approximate surface area is 167 Å². The first-order valence-electron chi connectivity index (χ1n) is 9.21. The van der Waals surface area contributed by atoms with Crippen molar-refractivity contribution in [1.29, 1.82) is 0 Å². The smallest absolute Gasteiger partial charge is 0.231 e. The van der Waals surface area contributed by atoms with Gasteiger partial charge in [0.1, 0.15) is 6.17 Å². The molecule has 0 bridgehead atoms. The van der Waals surface area contributed by atoms with Crippen LogP contribution in [0.25, 0.3) is 11.3 Å². The number of ether oxygens (including phenoxy) is 3. The Hall–Kier alpha value is -2.77. The van der Waals surface area contributed by atoms with Crippen LogP contribution in [0.1, 0.15) is 17.3 Å². The molecule has 6 nitrogen and oxygen atoms in total. The maximum Gasteiger partial charge on any atom is 0.231 e. The van der Waals surface area contributed by atoms with Gasteiger partial charge in [-0.05, 0) is 25.1 Å². The predicted octanol–water partition coefficient (Wildman–Crippen LogP) is 4.15. The van der Waals surface area contributed by atoms with Crippen molar-refractivity contribution < 1.29 is 14.2 Å². The van der Waals surface area contributed by atoms with E-state index < -0.39 is 0 Å². The minimum atomic E-state index is -0.0528. The van der Waals surface area contributed by atoms with E-state index in [-0.39, 0.29) is 13.0 Å². The molecule has 5 rings (SSSR count). The molecule has 2 aliphatic rings. The summed E-state index contributed by atoms with van der Waals surface area (Å²) in [5, 5.41) is 6.56. The summed E-state index contributed by atoms with van der Waals surface area (Å²) in [4.78, 5) is 7.07. The third-order valence-electron chi connectivity index (χ3n) is 5.23. The number of likely N-dealkylation sites (N-methyl/N-ethyl adjacent to an activating group) is 1. The number of anilines is 1. The molecule has 144 valence electrons. The van der Waals surface area contributed by atoms with Crippen LogP contribution in [0.2, 0.25) is 0 Å². The summed E-state index contributed by atoms with van der Waals surface area (Å²) in [5.41, 5.74) is 4.41. The van der Waals surface area contributed by atoms with E-state index >= 15 is 0 Å². The molecule has 1 atom stereocenters. The van der Waals surface area contributed by atoms with Crippen LogP contribution in [0.15, 0.2) is 41.8 Å². The van der Waals surface area contributed by atoms with Crippen molar-refractivity contribution in [2.24, 2.45) is 0 Å². The molecule has 3 heterocycles. The van der Waals surface area contributed by atoms with Crippen LogP contribution >= 0.6 is 11.3 Å². The Balaban J connectivity index is 1.51. The van der Waals surface area contributed by atoms with Gasteiger partial charge < -0.3 is 19.5 Å². The van der Waals surface area contributed by atoms with Crippen molar-refractivity contribution in [2.45, 2.75) is 12.6 Å². The quantitative estimate of drug-likeness (QED) is 0.716. The molecule has 0 spiro atoms. The molecule has 28 heavy (non-hydrogen) atoms. The second kappa shape index (κ2) is 7.00. The highest BCUT2D eigenvalue weighted by atomic mass is 32.1. The number of thiazole rings is 1. The van der Waals surface area contributed by atoms with Crippen molar-refractivity contribution in [1.82, 2.24) is 9.88 Å². The molecule has 0 unspecified atom stereocenters. The molecule has 0 aliphatic carbocycles. The van der Waals surface area contributed by atoms with Crippen LogP contribution in [0.4, 0.5) is 5.13 Å². The number of methoxy groups -OCH3 is 1. The average molecular weight is 395 g/mol. The number of hydrogen-bond donors (Lipinski definition) is 1. The van der Waals surface area contributed by atoms with Crippen molar-refractivity contribution >= 4 is 16.5 Å². The number of hydrogen-bond acceptors (Lipinski definition) is 7. The average Bonchev–Trinajstić information content (AvgIpc) is 3.38. The maximum atomic E-state index is 5.76. The molecule has 1 N–H and O–H groups in total. The molecule has 2 aromatic carbocycles. The molecular weight excluding hydrogens is 374 g/mol. The molecule has 2 aliphatic heterocycles. The van der Waals surface area contributed by atoms with Gasteiger partial charge in [-0.2, -0.15) is 0 Å². The topological polar surface area (TPSA) is 55.9 Å². The van der Waals surface area contributed by atoms with Crippen LogP contribution in [0.5, 0.6) is 17.2 Å². The highest BCUT2D eigenvalue weighted by Crippen LogP contribution is 2.49. The van der Waals surface area contributed by atoms with Crippen LogP contribution in [0.3, 0.4) is 0 Å². The Morgan fingerprint density at radius 1 is 1.25 bits per heavy atom. The first-order valence-corrected chi connectivity index (χ1v) is 10.1. The van der Waals surface area contributed by atoms with E-state index in [1.807, 2.05) is 18.2 Å². The summed E-state index contributed by atoms with van der Waals surface area (Å²) in [7, 11) is 3.79. The van der Waals surface area contributed by atoms with Crippen molar-refractivity contribution in [2.75, 3.05) is 32.8 Å². The lowest BCUT2D eigenvalue weighted by molar-refractivity contribution is 0.170. The Kier molecular flexibility index (Phi) is 4.33. The van der Waals surface area contributed by atoms with Gasteiger partial charge in [-0.3, -0.25) is 4.90 Å². The highest BCUT2D eigenvalue weighted by Gasteiger charge is 2.34. The fourth-order valence-electron chi connectivity index (χ4n) is 3.81. The zero-order chi connectivity index (χ0) is 19.1. The third-order valence-corrected chi connectivity index (χ3v) is 6.00. The van der Waals surface area contributed by atoms with Gasteiger partial charge in [-0.25, -0.2) is 4.98 Å². The highest BCUT2D eigenvalue weighted by molar-refractivity contribution is 7.14. The van der Waals surface area contributed by atoms with E-state index in [1.165, 1.54) is 5.56 Å². The van der Waals surface area contributed by atoms with Gasteiger partial charge >= 0.3 is 0 Å². The van der Waals surface area contributed by atoms with Gasteiger partial charge in [0.25, 0.3) is 0 Å². The van der Waals surface area contributed by atoms with E-state index in [2.05, 4.69) is 40.8 Å². The second-order valence-corrected chi connectivity index (χ2v) is 7.76. The molecule has 0 amide bonds. The van der Waals surface area contributed by atoms with E-state index in [1.54, 1.807) is 18.4 Å². The molecule has 0 saturated carbocycles. The zero-order valence-electron chi connectivity index (χ0n) is 15.8. The number of nitrogens with one attached hydrogen (secondary N) is 1. The van der Waals surface area contributed by atoms with Crippen LogP contribution < -0.4 is 19.5 Å². The molecule has 3 aromatic rings. The Morgan fingerprint density at radius 2 is 2.11 bits per heavy atom. The number of aromatic nitrogens is 1. The first kappa shape index (κ1) is 17.3. The van der Waals surface area contributed by atoms with Crippen LogP contribution in [-0.4, -0.2) is 37.4 Å². The molecule has 7 heteroatoms. The van der Waals surface area contributed by atoms with E-state index in [0.29, 0.717) is 5.75 Å². The lowest BCUT2D eigenvalue weighted by Gasteiger charge is -2.36. The van der Waals surface area contributed by atoms with E-state index in [9.17, 15) is 0 Å². The molecular formula is C21H21N3O3S. The lowest BCUT2D eigenvalue weighted by atomic mass is 9.95. The number of nitrogens with zero attached hydrogens (tertiary/aromatic N) is 2. The van der Waals surface area contributed by atoms with Gasteiger partial charge in [0.2, 0.25) is 12.5 Å². The molecule has 0 fully saturated rings. The Morgan fingerprint density at radius 3 is 2.93 bits per heavy atom. The van der Waals surface area contributed by atoms with Crippen molar-refractivity contribution in [3.8, 4) is 28.5 Å². The summed E-state index contributed by atoms with van der Waals surface area (Å²) in [6.45, 7) is 1.17. The summed E-state index contributed by atoms with van der Waals surface area (Å²) >= 11 is 1.61. The minimum Gasteiger partial charge on any atom is -0.492 e. The van der Waals surface area contributed by atoms with Gasteiger partial charge in [-0.15, -0.1) is 11.3 Å². The number of benzene rings is 2. The third kappa shape index (κ3) is 2.87. The summed E-state index contributed by atoms with van der Waals surface area (Å²) in [6, 6.07) is 12.3. The fourth-order valence-corrected chi connectivity index (χ4v) is 4.56. The van der Waals surface area contributed by atoms with Gasteiger partial charge in [0.05, 0.1) is 12.8 Å². The van der Waals surface area contributed by atoms with Crippen molar-refractivity contribution in [3.63, 3.8) is 0 Å². The van der Waals surface area contributed by atoms with E-state index in [0.717, 1.165) is 46.4 Å². The second-order valence-electron chi connectivity index (χ2n) is 6.90. The number of rotatable bonds is 4. The van der Waals surface area contributed by atoms with Crippen molar-refractivity contribution in [3.05, 3.63) is 52.9 Å². The lowest BCUT2D eigenvalue weighted by Crippen LogP contribution is -2.37. The fraction of sp³-hybridized carbons (Fsp3) is 0.286. The first-order chi connectivity index (χ1) is 13.7.